The van der Waals surface area contributed by atoms with E-state index in [-0.39, 0.29) is 16.8 Å². The lowest BCUT2D eigenvalue weighted by atomic mass is 10.0. The molecule has 2 fully saturated rings. The Labute approximate surface area is 97.8 Å². The van der Waals surface area contributed by atoms with Gasteiger partial charge in [-0.15, -0.1) is 0 Å². The molecular formula is C10H16BrNO3. The lowest BCUT2D eigenvalue weighted by Gasteiger charge is -2.25. The summed E-state index contributed by atoms with van der Waals surface area (Å²) in [6.45, 7) is 3.78. The Morgan fingerprint density at radius 2 is 2.33 bits per heavy atom. The number of carbonyl (C=O) groups excluding carboxylic acids is 1. The molecule has 2 rings (SSSR count). The number of hydrogen-bond acceptors (Lipinski definition) is 3. The Balaban J connectivity index is 1.91. The number of amides is 1. The van der Waals surface area contributed by atoms with Crippen molar-refractivity contribution in [3.8, 4) is 0 Å². The van der Waals surface area contributed by atoms with E-state index in [1.54, 1.807) is 0 Å². The normalized spacial score (nSPS) is 40.7. The molecule has 0 spiro atoms. The van der Waals surface area contributed by atoms with Crippen LogP contribution in [0, 0.1) is 0 Å². The summed E-state index contributed by atoms with van der Waals surface area (Å²) in [5, 5.41) is 2.98. The predicted octanol–water partition coefficient (Wildman–Crippen LogP) is 0.834. The van der Waals surface area contributed by atoms with E-state index in [2.05, 4.69) is 21.2 Å². The molecular weight excluding hydrogens is 262 g/mol. The number of ether oxygens (including phenoxy) is 2. The topological polar surface area (TPSA) is 47.6 Å². The summed E-state index contributed by atoms with van der Waals surface area (Å²) in [6.07, 6.45) is 1.77. The molecule has 2 heterocycles. The molecule has 0 radical (unpaired) electrons. The summed E-state index contributed by atoms with van der Waals surface area (Å²) in [7, 11) is 0. The molecule has 0 aromatic heterocycles. The van der Waals surface area contributed by atoms with Gasteiger partial charge in [0.2, 0.25) is 0 Å². The second-order valence-electron chi connectivity index (χ2n) is 4.32. The fourth-order valence-corrected chi connectivity index (χ4v) is 2.41. The Morgan fingerprint density at radius 1 is 1.53 bits per heavy atom. The molecule has 0 aliphatic carbocycles. The summed E-state index contributed by atoms with van der Waals surface area (Å²) < 4.78 is 10.7. The third-order valence-corrected chi connectivity index (χ3v) is 3.93. The molecule has 0 aromatic carbocycles. The smallest absolute Gasteiger partial charge is 0.252 e. The largest absolute Gasteiger partial charge is 0.378 e. The van der Waals surface area contributed by atoms with Crippen molar-refractivity contribution < 1.29 is 14.3 Å². The van der Waals surface area contributed by atoms with Gasteiger partial charge >= 0.3 is 0 Å². The Hall–Kier alpha value is -0.130. The quantitative estimate of drug-likeness (QED) is 0.761. The number of nitrogens with one attached hydrogen (secondary N) is 1. The third kappa shape index (κ3) is 2.34. The van der Waals surface area contributed by atoms with E-state index in [1.807, 2.05) is 6.92 Å². The van der Waals surface area contributed by atoms with Gasteiger partial charge in [-0.3, -0.25) is 4.79 Å². The third-order valence-electron chi connectivity index (χ3n) is 3.03. The lowest BCUT2D eigenvalue weighted by Crippen LogP contribution is -2.50. The highest BCUT2D eigenvalue weighted by atomic mass is 79.9. The van der Waals surface area contributed by atoms with Gasteiger partial charge < -0.3 is 14.8 Å². The van der Waals surface area contributed by atoms with Crippen LogP contribution in [0.4, 0.5) is 0 Å². The molecule has 15 heavy (non-hydrogen) atoms. The van der Waals surface area contributed by atoms with Crippen LogP contribution in [-0.4, -0.2) is 42.2 Å². The monoisotopic (exact) mass is 277 g/mol. The maximum absolute atomic E-state index is 12.0. The fraction of sp³-hybridized carbons (Fsp3) is 0.900. The predicted molar refractivity (Wildman–Crippen MR) is 59.1 cm³/mol. The maximum atomic E-state index is 12.0. The van der Waals surface area contributed by atoms with Crippen LogP contribution >= 0.6 is 15.9 Å². The molecule has 5 heteroatoms. The second-order valence-corrected chi connectivity index (χ2v) is 5.49. The van der Waals surface area contributed by atoms with Gasteiger partial charge in [-0.2, -0.15) is 0 Å². The van der Waals surface area contributed by atoms with Crippen molar-refractivity contribution in [2.24, 2.45) is 0 Å². The summed E-state index contributed by atoms with van der Waals surface area (Å²) >= 11 is 3.48. The standard InChI is InChI=1S/C10H16BrNO3/c1-10(3-2-4-15-10)9(13)12-8-6-14-5-7(8)11/h7-8H,2-6H2,1H3,(H,12,13). The first kappa shape index (κ1) is 11.4. The van der Waals surface area contributed by atoms with Crippen LogP contribution in [0.2, 0.25) is 0 Å². The highest BCUT2D eigenvalue weighted by Crippen LogP contribution is 2.26. The first-order valence-electron chi connectivity index (χ1n) is 5.28. The number of carbonyl (C=O) groups is 1. The van der Waals surface area contributed by atoms with Crippen molar-refractivity contribution in [1.82, 2.24) is 5.32 Å². The molecule has 4 nitrogen and oxygen atoms in total. The fourth-order valence-electron chi connectivity index (χ4n) is 1.94. The zero-order chi connectivity index (χ0) is 10.9. The van der Waals surface area contributed by atoms with Gasteiger partial charge in [0.25, 0.3) is 5.91 Å². The summed E-state index contributed by atoms with van der Waals surface area (Å²) in [6, 6.07) is 0.0681. The minimum absolute atomic E-state index is 0.0139. The second kappa shape index (κ2) is 4.39. The molecule has 1 N–H and O–H groups in total. The lowest BCUT2D eigenvalue weighted by molar-refractivity contribution is -0.140. The highest BCUT2D eigenvalue weighted by molar-refractivity contribution is 9.09. The summed E-state index contributed by atoms with van der Waals surface area (Å²) in [4.78, 5) is 12.2. The van der Waals surface area contributed by atoms with Crippen molar-refractivity contribution in [3.05, 3.63) is 0 Å². The van der Waals surface area contributed by atoms with E-state index >= 15 is 0 Å². The van der Waals surface area contributed by atoms with Gasteiger partial charge in [-0.1, -0.05) is 15.9 Å². The van der Waals surface area contributed by atoms with Gasteiger partial charge in [0.05, 0.1) is 24.1 Å². The average Bonchev–Trinajstić information content (AvgIpc) is 2.78. The molecule has 2 aliphatic heterocycles. The van der Waals surface area contributed by atoms with Crippen molar-refractivity contribution >= 4 is 21.8 Å². The minimum Gasteiger partial charge on any atom is -0.378 e. The number of halogens is 1. The molecule has 3 unspecified atom stereocenters. The van der Waals surface area contributed by atoms with Crippen LogP contribution in [-0.2, 0) is 14.3 Å². The zero-order valence-corrected chi connectivity index (χ0v) is 10.4. The number of rotatable bonds is 2. The first-order valence-corrected chi connectivity index (χ1v) is 6.20. The van der Waals surface area contributed by atoms with E-state index in [0.717, 1.165) is 12.8 Å². The highest BCUT2D eigenvalue weighted by Gasteiger charge is 2.40. The van der Waals surface area contributed by atoms with Gasteiger partial charge in [-0.05, 0) is 19.8 Å². The summed E-state index contributed by atoms with van der Waals surface area (Å²) in [5.41, 5.74) is -0.630. The SMILES string of the molecule is CC1(C(=O)NC2COCC2Br)CCCO1. The molecule has 0 aromatic rings. The molecule has 2 aliphatic rings. The van der Waals surface area contributed by atoms with Crippen LogP contribution < -0.4 is 5.32 Å². The van der Waals surface area contributed by atoms with Gasteiger partial charge in [0, 0.05) is 6.61 Å². The molecule has 86 valence electrons. The van der Waals surface area contributed by atoms with E-state index < -0.39 is 5.60 Å². The summed E-state index contributed by atoms with van der Waals surface area (Å²) in [5.74, 6) is -0.0139. The van der Waals surface area contributed by atoms with E-state index in [4.69, 9.17) is 9.47 Å². The Kier molecular flexibility index (Phi) is 3.33. The van der Waals surface area contributed by atoms with Crippen LogP contribution in [0.3, 0.4) is 0 Å². The van der Waals surface area contributed by atoms with E-state index in [9.17, 15) is 4.79 Å². The number of hydrogen-bond donors (Lipinski definition) is 1. The van der Waals surface area contributed by atoms with Crippen molar-refractivity contribution in [3.63, 3.8) is 0 Å². The molecule has 2 saturated heterocycles. The van der Waals surface area contributed by atoms with Crippen molar-refractivity contribution in [2.45, 2.75) is 36.2 Å². The van der Waals surface area contributed by atoms with Crippen LogP contribution in [0.25, 0.3) is 0 Å². The zero-order valence-electron chi connectivity index (χ0n) is 8.79. The van der Waals surface area contributed by atoms with E-state index in [0.29, 0.717) is 19.8 Å². The number of alkyl halides is 1. The molecule has 1 amide bonds. The van der Waals surface area contributed by atoms with E-state index in [1.165, 1.54) is 0 Å². The van der Waals surface area contributed by atoms with Gasteiger partial charge in [0.15, 0.2) is 0 Å². The molecule has 0 saturated carbocycles. The van der Waals surface area contributed by atoms with Gasteiger partial charge in [-0.25, -0.2) is 0 Å². The van der Waals surface area contributed by atoms with Crippen molar-refractivity contribution in [2.75, 3.05) is 19.8 Å². The Bertz CT molecular complexity index is 253. The Morgan fingerprint density at radius 3 is 2.87 bits per heavy atom. The van der Waals surface area contributed by atoms with Crippen molar-refractivity contribution in [1.29, 1.82) is 0 Å². The molecule has 0 bridgehead atoms. The first-order chi connectivity index (χ1) is 7.12. The van der Waals surface area contributed by atoms with Crippen LogP contribution in [0.1, 0.15) is 19.8 Å². The van der Waals surface area contributed by atoms with Crippen LogP contribution in [0.15, 0.2) is 0 Å². The molecule has 3 atom stereocenters. The average molecular weight is 278 g/mol. The maximum Gasteiger partial charge on any atom is 0.252 e. The minimum atomic E-state index is -0.630. The van der Waals surface area contributed by atoms with Gasteiger partial charge in [0.1, 0.15) is 5.60 Å². The van der Waals surface area contributed by atoms with Crippen LogP contribution in [0.5, 0.6) is 0 Å².